The summed E-state index contributed by atoms with van der Waals surface area (Å²) in [5.41, 5.74) is 0. The van der Waals surface area contributed by atoms with E-state index in [4.69, 9.17) is 0 Å². The molecule has 0 aliphatic carbocycles. The lowest BCUT2D eigenvalue weighted by molar-refractivity contribution is -0.125. The molecule has 0 spiro atoms. The van der Waals surface area contributed by atoms with Gasteiger partial charge in [0.15, 0.2) is 0 Å². The number of amides is 1. The Kier molecular flexibility index (Phi) is 4.77. The maximum absolute atomic E-state index is 12.6. The molecule has 2 aliphatic rings. The van der Waals surface area contributed by atoms with Crippen LogP contribution in [0.2, 0.25) is 0 Å². The summed E-state index contributed by atoms with van der Waals surface area (Å²) in [7, 11) is -1.98. The standard InChI is InChI=1S/C11H22N4O3S/c1-12-11(16)10-4-2-3-7-15(10)19(17,18)14-8-5-13-6-9-14/h10,13H,2-9H2,1H3,(H,12,16). The summed E-state index contributed by atoms with van der Waals surface area (Å²) in [4.78, 5) is 11.9. The zero-order valence-corrected chi connectivity index (χ0v) is 12.1. The molecule has 7 nitrogen and oxygen atoms in total. The molecule has 0 saturated carbocycles. The van der Waals surface area contributed by atoms with Crippen LogP contribution in [-0.2, 0) is 15.0 Å². The van der Waals surface area contributed by atoms with Crippen LogP contribution in [-0.4, -0.2) is 68.7 Å². The van der Waals surface area contributed by atoms with Crippen LogP contribution in [0, 0.1) is 0 Å². The Hall–Kier alpha value is -0.700. The van der Waals surface area contributed by atoms with Crippen molar-refractivity contribution in [3.8, 4) is 0 Å². The highest BCUT2D eigenvalue weighted by Gasteiger charge is 2.39. The third-order valence-electron chi connectivity index (χ3n) is 3.70. The summed E-state index contributed by atoms with van der Waals surface area (Å²) in [6.07, 6.45) is 2.31. The van der Waals surface area contributed by atoms with Gasteiger partial charge in [0.05, 0.1) is 0 Å². The van der Waals surface area contributed by atoms with E-state index in [1.807, 2.05) is 0 Å². The van der Waals surface area contributed by atoms with Gasteiger partial charge in [0, 0.05) is 39.8 Å². The number of nitrogens with one attached hydrogen (secondary N) is 2. The number of nitrogens with zero attached hydrogens (tertiary/aromatic N) is 2. The Morgan fingerprint density at radius 2 is 1.89 bits per heavy atom. The largest absolute Gasteiger partial charge is 0.358 e. The van der Waals surface area contributed by atoms with Crippen LogP contribution in [0.15, 0.2) is 0 Å². The number of piperazine rings is 1. The van der Waals surface area contributed by atoms with Gasteiger partial charge in [-0.15, -0.1) is 0 Å². The number of piperidine rings is 1. The van der Waals surface area contributed by atoms with Crippen molar-refractivity contribution in [1.29, 1.82) is 0 Å². The lowest BCUT2D eigenvalue weighted by Crippen LogP contribution is -2.58. The molecular weight excluding hydrogens is 268 g/mol. The van der Waals surface area contributed by atoms with E-state index >= 15 is 0 Å². The first kappa shape index (κ1) is 14.7. The van der Waals surface area contributed by atoms with Crippen LogP contribution in [0.1, 0.15) is 19.3 Å². The van der Waals surface area contributed by atoms with Gasteiger partial charge in [-0.25, -0.2) is 0 Å². The summed E-state index contributed by atoms with van der Waals surface area (Å²) >= 11 is 0. The van der Waals surface area contributed by atoms with Gasteiger partial charge >= 0.3 is 0 Å². The highest BCUT2D eigenvalue weighted by molar-refractivity contribution is 7.86. The summed E-state index contributed by atoms with van der Waals surface area (Å²) in [6.45, 7) is 2.71. The van der Waals surface area contributed by atoms with Crippen molar-refractivity contribution in [1.82, 2.24) is 19.2 Å². The molecule has 0 bridgehead atoms. The molecule has 8 heteroatoms. The molecule has 0 aromatic carbocycles. The van der Waals surface area contributed by atoms with E-state index < -0.39 is 16.3 Å². The Morgan fingerprint density at radius 3 is 2.53 bits per heavy atom. The number of hydrogen-bond donors (Lipinski definition) is 2. The molecular formula is C11H22N4O3S. The van der Waals surface area contributed by atoms with E-state index in [9.17, 15) is 13.2 Å². The minimum Gasteiger partial charge on any atom is -0.358 e. The molecule has 19 heavy (non-hydrogen) atoms. The van der Waals surface area contributed by atoms with Crippen molar-refractivity contribution in [2.24, 2.45) is 0 Å². The predicted molar refractivity (Wildman–Crippen MR) is 71.8 cm³/mol. The zero-order valence-electron chi connectivity index (χ0n) is 11.3. The molecule has 0 radical (unpaired) electrons. The van der Waals surface area contributed by atoms with Gasteiger partial charge in [-0.2, -0.15) is 17.0 Å². The van der Waals surface area contributed by atoms with Crippen LogP contribution >= 0.6 is 0 Å². The van der Waals surface area contributed by atoms with Gasteiger partial charge in [-0.3, -0.25) is 4.79 Å². The van der Waals surface area contributed by atoms with Crippen LogP contribution in [0.5, 0.6) is 0 Å². The number of hydrogen-bond acceptors (Lipinski definition) is 4. The topological polar surface area (TPSA) is 81.8 Å². The summed E-state index contributed by atoms with van der Waals surface area (Å²) in [6, 6.07) is -0.557. The predicted octanol–water partition coefficient (Wildman–Crippen LogP) is -1.26. The van der Waals surface area contributed by atoms with Crippen LogP contribution in [0.3, 0.4) is 0 Å². The molecule has 0 aromatic rings. The lowest BCUT2D eigenvalue weighted by Gasteiger charge is -2.38. The molecule has 2 heterocycles. The Bertz CT molecular complexity index is 420. The second kappa shape index (κ2) is 6.17. The lowest BCUT2D eigenvalue weighted by atomic mass is 10.0. The van der Waals surface area contributed by atoms with E-state index in [2.05, 4.69) is 10.6 Å². The summed E-state index contributed by atoms with van der Waals surface area (Å²) < 4.78 is 28.1. The van der Waals surface area contributed by atoms with E-state index in [-0.39, 0.29) is 5.91 Å². The molecule has 2 N–H and O–H groups in total. The van der Waals surface area contributed by atoms with Gasteiger partial charge in [0.1, 0.15) is 6.04 Å². The number of rotatable bonds is 3. The minimum atomic E-state index is -3.52. The van der Waals surface area contributed by atoms with Gasteiger partial charge < -0.3 is 10.6 Å². The maximum atomic E-state index is 12.6. The molecule has 2 aliphatic heterocycles. The van der Waals surface area contributed by atoms with Crippen molar-refractivity contribution < 1.29 is 13.2 Å². The van der Waals surface area contributed by atoms with Gasteiger partial charge in [0.25, 0.3) is 10.2 Å². The molecule has 2 saturated heterocycles. The second-order valence-electron chi connectivity index (χ2n) is 4.89. The highest BCUT2D eigenvalue weighted by Crippen LogP contribution is 2.23. The fraction of sp³-hybridized carbons (Fsp3) is 0.909. The van der Waals surface area contributed by atoms with Crippen molar-refractivity contribution in [3.05, 3.63) is 0 Å². The average Bonchev–Trinajstić information content (AvgIpc) is 2.47. The molecule has 2 fully saturated rings. The van der Waals surface area contributed by atoms with E-state index in [0.29, 0.717) is 39.1 Å². The zero-order chi connectivity index (χ0) is 13.9. The second-order valence-corrected chi connectivity index (χ2v) is 6.77. The maximum Gasteiger partial charge on any atom is 0.282 e. The fourth-order valence-corrected chi connectivity index (χ4v) is 4.46. The van der Waals surface area contributed by atoms with E-state index in [0.717, 1.165) is 12.8 Å². The first-order valence-electron chi connectivity index (χ1n) is 6.76. The van der Waals surface area contributed by atoms with E-state index in [1.165, 1.54) is 8.61 Å². The molecule has 110 valence electrons. The smallest absolute Gasteiger partial charge is 0.282 e. The quantitative estimate of drug-likeness (QED) is 0.679. The van der Waals surface area contributed by atoms with Crippen LogP contribution in [0.25, 0.3) is 0 Å². The number of carbonyl (C=O) groups excluding carboxylic acids is 1. The molecule has 2 rings (SSSR count). The SMILES string of the molecule is CNC(=O)C1CCCCN1S(=O)(=O)N1CCNCC1. The van der Waals surface area contributed by atoms with Crippen molar-refractivity contribution in [2.45, 2.75) is 25.3 Å². The van der Waals surface area contributed by atoms with Crippen molar-refractivity contribution in [2.75, 3.05) is 39.8 Å². The third-order valence-corrected chi connectivity index (χ3v) is 5.75. The first-order chi connectivity index (χ1) is 9.07. The average molecular weight is 290 g/mol. The highest BCUT2D eigenvalue weighted by atomic mass is 32.2. The molecule has 1 unspecified atom stereocenters. The molecule has 0 aromatic heterocycles. The van der Waals surface area contributed by atoms with Gasteiger partial charge in [-0.1, -0.05) is 6.42 Å². The Balaban J connectivity index is 2.18. The Labute approximate surface area is 114 Å². The van der Waals surface area contributed by atoms with Crippen molar-refractivity contribution >= 4 is 16.1 Å². The summed E-state index contributed by atoms with van der Waals surface area (Å²) in [5, 5.41) is 5.69. The normalized spacial score (nSPS) is 27.1. The summed E-state index contributed by atoms with van der Waals surface area (Å²) in [5.74, 6) is -0.210. The minimum absolute atomic E-state index is 0.210. The fourth-order valence-electron chi connectivity index (χ4n) is 2.63. The van der Waals surface area contributed by atoms with Crippen LogP contribution in [0.4, 0.5) is 0 Å². The van der Waals surface area contributed by atoms with Gasteiger partial charge in [0.2, 0.25) is 5.91 Å². The van der Waals surface area contributed by atoms with E-state index in [1.54, 1.807) is 7.05 Å². The third kappa shape index (κ3) is 3.07. The first-order valence-corrected chi connectivity index (χ1v) is 8.16. The molecule has 1 amide bonds. The Morgan fingerprint density at radius 1 is 1.21 bits per heavy atom. The molecule has 1 atom stereocenters. The van der Waals surface area contributed by atoms with Gasteiger partial charge in [-0.05, 0) is 12.8 Å². The monoisotopic (exact) mass is 290 g/mol. The van der Waals surface area contributed by atoms with Crippen LogP contribution < -0.4 is 10.6 Å². The number of likely N-dealkylation sites (N-methyl/N-ethyl adjacent to an activating group) is 1. The van der Waals surface area contributed by atoms with Crippen molar-refractivity contribution in [3.63, 3.8) is 0 Å². The number of carbonyl (C=O) groups is 1.